The lowest BCUT2D eigenvalue weighted by Crippen LogP contribution is -2.63. The fourth-order valence-corrected chi connectivity index (χ4v) is 0.790. The molecule has 0 amide bonds. The third kappa shape index (κ3) is 3.50. The van der Waals surface area contributed by atoms with Crippen LogP contribution in [0.3, 0.4) is 0 Å². The van der Waals surface area contributed by atoms with Gasteiger partial charge in [-0.2, -0.15) is 43.9 Å². The van der Waals surface area contributed by atoms with E-state index in [1.165, 1.54) is 0 Å². The van der Waals surface area contributed by atoms with Crippen LogP contribution < -0.4 is 0 Å². The third-order valence-electron chi connectivity index (χ3n) is 1.83. The van der Waals surface area contributed by atoms with Crippen molar-refractivity contribution in [2.45, 2.75) is 30.2 Å². The van der Waals surface area contributed by atoms with Crippen molar-refractivity contribution in [1.82, 2.24) is 0 Å². The van der Waals surface area contributed by atoms with Crippen LogP contribution in [0.2, 0.25) is 0 Å². The second-order valence-electron chi connectivity index (χ2n) is 3.37. The van der Waals surface area contributed by atoms with Gasteiger partial charge in [-0.15, -0.1) is 0 Å². The molecule has 1 N–H and O–H groups in total. The molecule has 0 saturated heterocycles. The van der Waals surface area contributed by atoms with Gasteiger partial charge < -0.3 is 9.84 Å². The van der Waals surface area contributed by atoms with E-state index in [-0.39, 0.29) is 0 Å². The molecule has 1 atom stereocenters. The van der Waals surface area contributed by atoms with Crippen LogP contribution in [0.5, 0.6) is 0 Å². The van der Waals surface area contributed by atoms with E-state index >= 15 is 0 Å². The molecule has 0 aliphatic heterocycles. The summed E-state index contributed by atoms with van der Waals surface area (Å²) < 4.78 is 140. The zero-order chi connectivity index (χ0) is 18.2. The predicted molar refractivity (Wildman–Crippen MR) is 40.1 cm³/mol. The van der Waals surface area contributed by atoms with E-state index in [2.05, 4.69) is 4.74 Å². The SMILES string of the molecule is O=C(OCF)C(F)(F)C(F)(F)OC(F)(C(O)(F)F)C(F)(F)F. The van der Waals surface area contributed by atoms with Gasteiger partial charge in [-0.3, -0.25) is 4.74 Å². The highest BCUT2D eigenvalue weighted by Gasteiger charge is 2.80. The number of rotatable bonds is 6. The molecule has 0 aliphatic rings. The first-order chi connectivity index (χ1) is 9.44. The van der Waals surface area contributed by atoms with Crippen LogP contribution in [0, 0.1) is 0 Å². The highest BCUT2D eigenvalue weighted by molar-refractivity contribution is 5.78. The molecule has 0 aromatic rings. The highest BCUT2D eigenvalue weighted by Crippen LogP contribution is 2.50. The Balaban J connectivity index is 5.78. The summed E-state index contributed by atoms with van der Waals surface area (Å²) in [6.07, 6.45) is -20.8. The number of esters is 1. The minimum absolute atomic E-state index is 1.69. The number of carbonyl (C=O) groups excluding carboxylic acids is 1. The Morgan fingerprint density at radius 1 is 0.909 bits per heavy atom. The molecule has 132 valence electrons. The van der Waals surface area contributed by atoms with Gasteiger partial charge in [0.1, 0.15) is 0 Å². The summed E-state index contributed by atoms with van der Waals surface area (Å²) in [5.74, 6) is -17.0. The molecule has 1 unspecified atom stereocenters. The van der Waals surface area contributed by atoms with Gasteiger partial charge in [0.15, 0.2) is 0 Å². The van der Waals surface area contributed by atoms with Crippen molar-refractivity contribution in [3.8, 4) is 0 Å². The molecular formula is C7H3F11O4. The lowest BCUT2D eigenvalue weighted by molar-refractivity contribution is -0.510. The largest absolute Gasteiger partial charge is 0.458 e. The van der Waals surface area contributed by atoms with Gasteiger partial charge in [-0.25, -0.2) is 9.18 Å². The molecule has 0 aliphatic carbocycles. The maximum Gasteiger partial charge on any atom is 0.458 e. The predicted octanol–water partition coefficient (Wildman–Crippen LogP) is 2.51. The third-order valence-corrected chi connectivity index (χ3v) is 1.83. The van der Waals surface area contributed by atoms with Gasteiger partial charge in [-0.1, -0.05) is 0 Å². The van der Waals surface area contributed by atoms with Crippen LogP contribution in [-0.2, 0) is 14.3 Å². The summed E-state index contributed by atoms with van der Waals surface area (Å²) in [6.45, 7) is -2.44. The van der Waals surface area contributed by atoms with Crippen LogP contribution in [0.4, 0.5) is 48.3 Å². The van der Waals surface area contributed by atoms with Gasteiger partial charge in [0.25, 0.3) is 0 Å². The van der Waals surface area contributed by atoms with E-state index in [0.717, 1.165) is 0 Å². The van der Waals surface area contributed by atoms with Crippen molar-refractivity contribution in [3.05, 3.63) is 0 Å². The topological polar surface area (TPSA) is 55.8 Å². The molecule has 0 rings (SSSR count). The van der Waals surface area contributed by atoms with Gasteiger partial charge in [0, 0.05) is 0 Å². The van der Waals surface area contributed by atoms with Crippen molar-refractivity contribution in [3.63, 3.8) is 0 Å². The average molecular weight is 360 g/mol. The van der Waals surface area contributed by atoms with Crippen molar-refractivity contribution < 1.29 is 67.7 Å². The lowest BCUT2D eigenvalue weighted by atomic mass is 10.2. The zero-order valence-electron chi connectivity index (χ0n) is 9.54. The number of carbonyl (C=O) groups is 1. The second-order valence-corrected chi connectivity index (χ2v) is 3.37. The van der Waals surface area contributed by atoms with Gasteiger partial charge in [0.05, 0.1) is 0 Å². The van der Waals surface area contributed by atoms with E-state index in [0.29, 0.717) is 0 Å². The van der Waals surface area contributed by atoms with E-state index in [1.54, 1.807) is 4.74 Å². The molecule has 0 radical (unpaired) electrons. The van der Waals surface area contributed by atoms with E-state index in [4.69, 9.17) is 5.11 Å². The average Bonchev–Trinajstić information content (AvgIpc) is 2.25. The fraction of sp³-hybridized carbons (Fsp3) is 0.857. The number of aliphatic hydroxyl groups is 1. The number of hydrogen-bond acceptors (Lipinski definition) is 4. The number of ether oxygens (including phenoxy) is 2. The number of halogens is 11. The van der Waals surface area contributed by atoms with Crippen LogP contribution in [0.15, 0.2) is 0 Å². The van der Waals surface area contributed by atoms with Crippen molar-refractivity contribution >= 4 is 5.97 Å². The van der Waals surface area contributed by atoms with Crippen molar-refractivity contribution in [2.24, 2.45) is 0 Å². The minimum Gasteiger partial charge on any atom is -0.429 e. The summed E-state index contributed by atoms with van der Waals surface area (Å²) in [7, 11) is 0. The smallest absolute Gasteiger partial charge is 0.429 e. The Hall–Kier alpha value is -1.38. The lowest BCUT2D eigenvalue weighted by Gasteiger charge is -2.35. The molecule has 22 heavy (non-hydrogen) atoms. The van der Waals surface area contributed by atoms with E-state index in [1.807, 2.05) is 0 Å². The summed E-state index contributed by atoms with van der Waals surface area (Å²) >= 11 is 0. The van der Waals surface area contributed by atoms with Gasteiger partial charge in [0.2, 0.25) is 6.86 Å². The molecule has 0 heterocycles. The summed E-state index contributed by atoms with van der Waals surface area (Å²) in [4.78, 5) is 10.3. The standard InChI is InChI=1S/C7H3F11O4/c8-1-21-2(19)3(9,10)7(17,18)22-4(11,5(12,13)14)6(15,16)20/h20H,1H2. The first-order valence-corrected chi connectivity index (χ1v) is 4.49. The summed E-state index contributed by atoms with van der Waals surface area (Å²) in [6, 6.07) is 0. The maximum absolute atomic E-state index is 12.9. The Morgan fingerprint density at radius 3 is 1.59 bits per heavy atom. The fourth-order valence-electron chi connectivity index (χ4n) is 0.790. The van der Waals surface area contributed by atoms with Crippen LogP contribution in [0.25, 0.3) is 0 Å². The van der Waals surface area contributed by atoms with Gasteiger partial charge >= 0.3 is 36.1 Å². The molecule has 0 spiro atoms. The molecule has 0 saturated carbocycles. The van der Waals surface area contributed by atoms with Gasteiger partial charge in [-0.05, 0) is 0 Å². The van der Waals surface area contributed by atoms with Crippen LogP contribution >= 0.6 is 0 Å². The first kappa shape index (κ1) is 20.6. The minimum atomic E-state index is -7.13. The maximum atomic E-state index is 12.9. The van der Waals surface area contributed by atoms with Crippen LogP contribution in [-0.4, -0.2) is 48.1 Å². The molecular weight excluding hydrogens is 357 g/mol. The normalized spacial score (nSPS) is 17.1. The van der Waals surface area contributed by atoms with Crippen molar-refractivity contribution in [2.75, 3.05) is 6.86 Å². The number of hydrogen-bond donors (Lipinski definition) is 1. The quantitative estimate of drug-likeness (QED) is 0.584. The summed E-state index contributed by atoms with van der Waals surface area (Å²) in [5, 5.41) is 7.64. The Kier molecular flexibility index (Phi) is 5.32. The van der Waals surface area contributed by atoms with E-state index < -0.39 is 43.0 Å². The molecule has 0 aromatic heterocycles. The highest BCUT2D eigenvalue weighted by atomic mass is 19.4. The first-order valence-electron chi connectivity index (χ1n) is 4.49. The monoisotopic (exact) mass is 360 g/mol. The molecule has 15 heteroatoms. The Morgan fingerprint density at radius 2 is 1.32 bits per heavy atom. The van der Waals surface area contributed by atoms with Crippen molar-refractivity contribution in [1.29, 1.82) is 0 Å². The molecule has 0 bridgehead atoms. The zero-order valence-corrected chi connectivity index (χ0v) is 9.54. The van der Waals surface area contributed by atoms with Crippen LogP contribution in [0.1, 0.15) is 0 Å². The second kappa shape index (κ2) is 5.68. The number of alkyl halides is 11. The summed E-state index contributed by atoms with van der Waals surface area (Å²) in [5.41, 5.74) is 0. The molecule has 0 aromatic carbocycles. The Labute approximate surface area is 112 Å². The molecule has 0 fully saturated rings. The van der Waals surface area contributed by atoms with E-state index in [9.17, 15) is 53.1 Å². The molecule has 4 nitrogen and oxygen atoms in total. The Bertz CT molecular complexity index is 398.